The van der Waals surface area contributed by atoms with E-state index in [1.807, 2.05) is 41.5 Å². The van der Waals surface area contributed by atoms with Gasteiger partial charge in [0.25, 0.3) is 5.69 Å². The Kier molecular flexibility index (Phi) is 5.40. The maximum atomic E-state index is 11.8. The number of sulfonamides is 1. The highest BCUT2D eigenvalue weighted by atomic mass is 32.2. The van der Waals surface area contributed by atoms with Gasteiger partial charge in [-0.3, -0.25) is 9.82 Å². The summed E-state index contributed by atoms with van der Waals surface area (Å²) in [6, 6.07) is 0. The molecule has 11 heteroatoms. The Bertz CT molecular complexity index is 1060. The molecule has 0 fully saturated rings. The lowest BCUT2D eigenvalue weighted by atomic mass is 9.91. The average molecular weight is 407 g/mol. The summed E-state index contributed by atoms with van der Waals surface area (Å²) in [5.41, 5.74) is 1.01. The molecular formula is C17H26N8O2S. The minimum atomic E-state index is -3.55. The van der Waals surface area contributed by atoms with Gasteiger partial charge in [0.05, 0.1) is 24.2 Å². The van der Waals surface area contributed by atoms with Crippen LogP contribution in [0.15, 0.2) is 10.2 Å². The van der Waals surface area contributed by atoms with Gasteiger partial charge < -0.3 is 0 Å². The van der Waals surface area contributed by atoms with Gasteiger partial charge in [0.2, 0.25) is 10.0 Å². The number of H-pyrrole nitrogens is 1. The fourth-order valence-corrected chi connectivity index (χ4v) is 3.11. The summed E-state index contributed by atoms with van der Waals surface area (Å²) < 4.78 is 27.4. The maximum absolute atomic E-state index is 11.8. The second-order valence-electron chi connectivity index (χ2n) is 8.62. The molecule has 0 unspecified atom stereocenters. The predicted octanol–water partition coefficient (Wildman–Crippen LogP) is 4.08. The van der Waals surface area contributed by atoms with Crippen molar-refractivity contribution in [2.24, 2.45) is 17.3 Å². The molecule has 28 heavy (non-hydrogen) atoms. The first-order valence-electron chi connectivity index (χ1n) is 8.58. The molecular weight excluding hydrogens is 380 g/mol. The van der Waals surface area contributed by atoms with Crippen LogP contribution >= 0.6 is 0 Å². The Balaban J connectivity index is 2.63. The normalized spacial score (nSPS) is 13.1. The summed E-state index contributed by atoms with van der Waals surface area (Å²) in [5.74, 6) is 0.421. The Morgan fingerprint density at radius 1 is 1.11 bits per heavy atom. The highest BCUT2D eigenvalue weighted by Gasteiger charge is 2.28. The number of rotatable bonds is 4. The second kappa shape index (κ2) is 7.01. The van der Waals surface area contributed by atoms with Crippen molar-refractivity contribution < 1.29 is 8.42 Å². The van der Waals surface area contributed by atoms with Gasteiger partial charge in [-0.1, -0.05) is 41.5 Å². The van der Waals surface area contributed by atoms with E-state index in [1.165, 1.54) is 4.68 Å². The van der Waals surface area contributed by atoms with E-state index in [0.717, 1.165) is 6.26 Å². The van der Waals surface area contributed by atoms with E-state index in [0.29, 0.717) is 17.1 Å². The molecule has 0 aliphatic carbocycles. The van der Waals surface area contributed by atoms with Gasteiger partial charge in [-0.05, 0) is 5.41 Å². The number of aromatic amines is 1. The molecule has 0 aromatic carbocycles. The quantitative estimate of drug-likeness (QED) is 0.587. The zero-order valence-electron chi connectivity index (χ0n) is 17.4. The molecule has 0 radical (unpaired) electrons. The number of hydrogen-bond acceptors (Lipinski definition) is 6. The van der Waals surface area contributed by atoms with Crippen LogP contribution in [0.5, 0.6) is 0 Å². The molecule has 0 bridgehead atoms. The molecule has 2 aromatic rings. The van der Waals surface area contributed by atoms with E-state index >= 15 is 0 Å². The van der Waals surface area contributed by atoms with Crippen LogP contribution in [-0.2, 0) is 27.9 Å². The molecule has 0 saturated carbocycles. The van der Waals surface area contributed by atoms with Crippen LogP contribution in [0.1, 0.15) is 52.9 Å². The summed E-state index contributed by atoms with van der Waals surface area (Å²) >= 11 is 0. The monoisotopic (exact) mass is 406 g/mol. The van der Waals surface area contributed by atoms with Crippen LogP contribution in [0.2, 0.25) is 0 Å². The summed E-state index contributed by atoms with van der Waals surface area (Å²) in [4.78, 5) is 3.54. The number of aryl methyl sites for hydroxylation is 1. The van der Waals surface area contributed by atoms with Crippen LogP contribution in [0, 0.1) is 6.57 Å². The predicted molar refractivity (Wildman–Crippen MR) is 108 cm³/mol. The zero-order chi connectivity index (χ0) is 21.5. The Morgan fingerprint density at radius 2 is 1.68 bits per heavy atom. The third-order valence-corrected chi connectivity index (χ3v) is 4.37. The molecule has 0 spiro atoms. The van der Waals surface area contributed by atoms with Gasteiger partial charge in [0.15, 0.2) is 17.3 Å². The number of nitrogens with one attached hydrogen (secondary N) is 2. The van der Waals surface area contributed by atoms with Crippen LogP contribution in [0.3, 0.4) is 0 Å². The van der Waals surface area contributed by atoms with Crippen molar-refractivity contribution in [3.8, 4) is 0 Å². The van der Waals surface area contributed by atoms with Gasteiger partial charge in [0.1, 0.15) is 0 Å². The number of anilines is 1. The third-order valence-electron chi connectivity index (χ3n) is 3.81. The molecule has 2 heterocycles. The highest BCUT2D eigenvalue weighted by Crippen LogP contribution is 2.40. The van der Waals surface area contributed by atoms with Crippen molar-refractivity contribution in [3.63, 3.8) is 0 Å². The number of azo groups is 1. The molecule has 2 aromatic heterocycles. The maximum Gasteiger partial charge on any atom is 0.255 e. The van der Waals surface area contributed by atoms with E-state index in [1.54, 1.807) is 7.05 Å². The van der Waals surface area contributed by atoms with Crippen molar-refractivity contribution in [1.29, 1.82) is 0 Å². The largest absolute Gasteiger partial charge is 0.270 e. The molecule has 0 atom stereocenters. The minimum absolute atomic E-state index is 0.205. The molecule has 2 rings (SSSR count). The highest BCUT2D eigenvalue weighted by molar-refractivity contribution is 7.92. The first kappa shape index (κ1) is 21.6. The topological polar surface area (TPSA) is 122 Å². The summed E-state index contributed by atoms with van der Waals surface area (Å²) in [6.45, 7) is 19.1. The fourth-order valence-electron chi connectivity index (χ4n) is 2.53. The summed E-state index contributed by atoms with van der Waals surface area (Å²) in [7, 11) is -1.92. The van der Waals surface area contributed by atoms with E-state index in [4.69, 9.17) is 6.57 Å². The molecule has 0 saturated heterocycles. The van der Waals surface area contributed by atoms with Crippen molar-refractivity contribution in [2.45, 2.75) is 52.4 Å². The van der Waals surface area contributed by atoms with E-state index in [-0.39, 0.29) is 22.7 Å². The SMILES string of the molecule is [C-]#[N+]c1c(C(C)(C)C)n[nH]c1/N=N/c1c(C(C)(C)C)nn(C)c1NS(C)(=O)=O. The zero-order valence-corrected chi connectivity index (χ0v) is 18.2. The molecule has 0 amide bonds. The lowest BCUT2D eigenvalue weighted by Crippen LogP contribution is -2.12. The van der Waals surface area contributed by atoms with Gasteiger partial charge in [-0.15, -0.1) is 10.2 Å². The van der Waals surface area contributed by atoms with Crippen molar-refractivity contribution in [3.05, 3.63) is 22.8 Å². The number of aromatic nitrogens is 4. The molecule has 10 nitrogen and oxygen atoms in total. The van der Waals surface area contributed by atoms with Crippen molar-refractivity contribution in [1.82, 2.24) is 20.0 Å². The van der Waals surface area contributed by atoms with Gasteiger partial charge >= 0.3 is 0 Å². The van der Waals surface area contributed by atoms with Gasteiger partial charge in [-0.2, -0.15) is 10.2 Å². The summed E-state index contributed by atoms with van der Waals surface area (Å²) in [5, 5.41) is 19.8. The number of nitrogens with zero attached hydrogens (tertiary/aromatic N) is 6. The first-order valence-corrected chi connectivity index (χ1v) is 10.5. The van der Waals surface area contributed by atoms with E-state index < -0.39 is 15.4 Å². The Hall–Kier alpha value is -2.74. The molecule has 0 aliphatic heterocycles. The Labute approximate surface area is 165 Å². The number of hydrogen-bond donors (Lipinski definition) is 2. The smallest absolute Gasteiger partial charge is 0.255 e. The Morgan fingerprint density at radius 3 is 2.14 bits per heavy atom. The van der Waals surface area contributed by atoms with E-state index in [2.05, 4.69) is 35.1 Å². The van der Waals surface area contributed by atoms with Crippen LogP contribution in [0.4, 0.5) is 23.0 Å². The molecule has 2 N–H and O–H groups in total. The molecule has 0 aliphatic rings. The fraction of sp³-hybridized carbons (Fsp3) is 0.588. The van der Waals surface area contributed by atoms with Crippen molar-refractivity contribution in [2.75, 3.05) is 11.0 Å². The standard InChI is InChI=1S/C17H26N8O2S/c1-16(2,3)12-10(18-7)14(22-20-12)21-19-11-13(17(4,5)6)23-25(8)15(11)24-28(9,26)27/h24H,1-6,8-9H3,(H,20,22)/b21-19+. The van der Waals surface area contributed by atoms with Crippen LogP contribution in [-0.4, -0.2) is 34.7 Å². The summed E-state index contributed by atoms with van der Waals surface area (Å²) in [6.07, 6.45) is 1.05. The van der Waals surface area contributed by atoms with Gasteiger partial charge in [0, 0.05) is 12.5 Å². The van der Waals surface area contributed by atoms with Gasteiger partial charge in [-0.25, -0.2) is 17.9 Å². The van der Waals surface area contributed by atoms with Crippen LogP contribution < -0.4 is 4.72 Å². The first-order chi connectivity index (χ1) is 12.6. The second-order valence-corrected chi connectivity index (χ2v) is 10.4. The molecule has 152 valence electrons. The van der Waals surface area contributed by atoms with Crippen molar-refractivity contribution >= 4 is 33.0 Å². The minimum Gasteiger partial charge on any atom is -0.270 e. The van der Waals surface area contributed by atoms with Crippen LogP contribution in [0.25, 0.3) is 4.85 Å². The average Bonchev–Trinajstić information content (AvgIpc) is 3.05. The van der Waals surface area contributed by atoms with E-state index in [9.17, 15) is 8.42 Å². The lowest BCUT2D eigenvalue weighted by Gasteiger charge is -2.15. The lowest BCUT2D eigenvalue weighted by molar-refractivity contribution is 0.554. The third kappa shape index (κ3) is 4.56.